The third-order valence-corrected chi connectivity index (χ3v) is 3.86. The smallest absolute Gasteiger partial charge is 0.253 e. The Morgan fingerprint density at radius 3 is 2.79 bits per heavy atom. The maximum Gasteiger partial charge on any atom is 0.253 e. The molecule has 2 rings (SSSR count). The van der Waals surface area contributed by atoms with Crippen LogP contribution in [0, 0.1) is 5.92 Å². The fraction of sp³-hybridized carbons (Fsp3) is 0.562. The Bertz CT molecular complexity index is 468. The molecule has 0 saturated carbocycles. The van der Waals surface area contributed by atoms with Crippen LogP contribution in [0.25, 0.3) is 0 Å². The number of nitrogens with one attached hydrogen (secondary N) is 1. The lowest BCUT2D eigenvalue weighted by atomic mass is 10.0. The number of amides is 1. The van der Waals surface area contributed by atoms with E-state index in [9.17, 15) is 4.79 Å². The molecule has 0 bridgehead atoms. The molecule has 0 fully saturated rings. The SMILES string of the molecule is CC(C)C[C@@H](C)N(C)C(=O)c1ccc2c(c1)CCN2. The summed E-state index contributed by atoms with van der Waals surface area (Å²) in [4.78, 5) is 14.3. The van der Waals surface area contributed by atoms with E-state index in [1.54, 1.807) is 0 Å². The van der Waals surface area contributed by atoms with Crippen LogP contribution in [0.1, 0.15) is 43.1 Å². The zero-order valence-corrected chi connectivity index (χ0v) is 12.4. The number of carbonyl (C=O) groups is 1. The van der Waals surface area contributed by atoms with Gasteiger partial charge in [0.2, 0.25) is 0 Å². The van der Waals surface area contributed by atoms with Gasteiger partial charge < -0.3 is 10.2 Å². The van der Waals surface area contributed by atoms with Crippen molar-refractivity contribution >= 4 is 11.6 Å². The van der Waals surface area contributed by atoms with Crippen LogP contribution in [-0.2, 0) is 6.42 Å². The lowest BCUT2D eigenvalue weighted by molar-refractivity contribution is 0.0728. The Morgan fingerprint density at radius 1 is 1.37 bits per heavy atom. The first kappa shape index (κ1) is 13.9. The van der Waals surface area contributed by atoms with Gasteiger partial charge in [-0.2, -0.15) is 0 Å². The van der Waals surface area contributed by atoms with Crippen LogP contribution in [0.4, 0.5) is 5.69 Å². The first-order valence-corrected chi connectivity index (χ1v) is 7.13. The Balaban J connectivity index is 2.11. The second-order valence-corrected chi connectivity index (χ2v) is 5.94. The van der Waals surface area contributed by atoms with Gasteiger partial charge in [0.25, 0.3) is 5.91 Å². The van der Waals surface area contributed by atoms with Crippen molar-refractivity contribution in [2.75, 3.05) is 18.9 Å². The maximum atomic E-state index is 12.5. The first-order valence-electron chi connectivity index (χ1n) is 7.13. The van der Waals surface area contributed by atoms with E-state index in [4.69, 9.17) is 0 Å². The van der Waals surface area contributed by atoms with E-state index in [-0.39, 0.29) is 11.9 Å². The van der Waals surface area contributed by atoms with Gasteiger partial charge in [-0.3, -0.25) is 4.79 Å². The van der Waals surface area contributed by atoms with E-state index in [2.05, 4.69) is 26.1 Å². The van der Waals surface area contributed by atoms with Crippen molar-refractivity contribution in [3.05, 3.63) is 29.3 Å². The average molecular weight is 260 g/mol. The predicted molar refractivity (Wildman–Crippen MR) is 79.6 cm³/mol. The Hall–Kier alpha value is -1.51. The number of benzene rings is 1. The summed E-state index contributed by atoms with van der Waals surface area (Å²) in [6.45, 7) is 7.48. The van der Waals surface area contributed by atoms with Gasteiger partial charge in [-0.1, -0.05) is 13.8 Å². The standard InChI is InChI=1S/C16H24N2O/c1-11(2)9-12(3)18(4)16(19)14-5-6-15-13(10-14)7-8-17-15/h5-6,10-12,17H,7-9H2,1-4H3/t12-/m1/s1. The number of carbonyl (C=O) groups excluding carboxylic acids is 1. The number of rotatable bonds is 4. The normalized spacial score (nSPS) is 15.0. The molecule has 3 heteroatoms. The second-order valence-electron chi connectivity index (χ2n) is 5.94. The Labute approximate surface area is 116 Å². The molecule has 0 aliphatic carbocycles. The van der Waals surface area contributed by atoms with E-state index in [1.807, 2.05) is 30.1 Å². The van der Waals surface area contributed by atoms with Crippen molar-refractivity contribution in [2.45, 2.75) is 39.7 Å². The predicted octanol–water partition coefficient (Wildman–Crippen LogP) is 3.16. The summed E-state index contributed by atoms with van der Waals surface area (Å²) in [6.07, 6.45) is 2.05. The summed E-state index contributed by atoms with van der Waals surface area (Å²) >= 11 is 0. The van der Waals surface area contributed by atoms with Gasteiger partial charge in [-0.05, 0) is 49.4 Å². The molecule has 1 amide bonds. The van der Waals surface area contributed by atoms with Crippen LogP contribution in [0.15, 0.2) is 18.2 Å². The summed E-state index contributed by atoms with van der Waals surface area (Å²) in [5, 5.41) is 3.32. The lowest BCUT2D eigenvalue weighted by Crippen LogP contribution is -2.35. The molecule has 0 unspecified atom stereocenters. The van der Waals surface area contributed by atoms with Crippen molar-refractivity contribution < 1.29 is 4.79 Å². The highest BCUT2D eigenvalue weighted by atomic mass is 16.2. The molecule has 3 nitrogen and oxygen atoms in total. The third-order valence-electron chi connectivity index (χ3n) is 3.86. The van der Waals surface area contributed by atoms with Crippen LogP contribution < -0.4 is 5.32 Å². The molecular weight excluding hydrogens is 236 g/mol. The van der Waals surface area contributed by atoms with E-state index in [0.717, 1.165) is 24.9 Å². The largest absolute Gasteiger partial charge is 0.384 e. The molecule has 104 valence electrons. The fourth-order valence-electron chi connectivity index (χ4n) is 2.68. The fourth-order valence-corrected chi connectivity index (χ4v) is 2.68. The number of hydrogen-bond donors (Lipinski definition) is 1. The molecule has 1 heterocycles. The van der Waals surface area contributed by atoms with Crippen molar-refractivity contribution in [2.24, 2.45) is 5.92 Å². The van der Waals surface area contributed by atoms with Gasteiger partial charge in [0.1, 0.15) is 0 Å². The minimum atomic E-state index is 0.128. The van der Waals surface area contributed by atoms with Crippen LogP contribution >= 0.6 is 0 Å². The van der Waals surface area contributed by atoms with Crippen molar-refractivity contribution in [1.29, 1.82) is 0 Å². The molecule has 19 heavy (non-hydrogen) atoms. The molecule has 1 N–H and O–H groups in total. The van der Waals surface area contributed by atoms with Crippen LogP contribution in [0.5, 0.6) is 0 Å². The minimum Gasteiger partial charge on any atom is -0.384 e. The molecule has 0 spiro atoms. The molecule has 0 radical (unpaired) electrons. The van der Waals surface area contributed by atoms with Crippen molar-refractivity contribution in [3.8, 4) is 0 Å². The number of nitrogens with zero attached hydrogens (tertiary/aromatic N) is 1. The van der Waals surface area contributed by atoms with Gasteiger partial charge in [-0.25, -0.2) is 0 Å². The summed E-state index contributed by atoms with van der Waals surface area (Å²) < 4.78 is 0. The van der Waals surface area contributed by atoms with Gasteiger partial charge in [-0.15, -0.1) is 0 Å². The maximum absolute atomic E-state index is 12.5. The topological polar surface area (TPSA) is 32.3 Å². The van der Waals surface area contributed by atoms with Crippen LogP contribution in [-0.4, -0.2) is 30.4 Å². The summed E-state index contributed by atoms with van der Waals surface area (Å²) in [6, 6.07) is 6.27. The van der Waals surface area contributed by atoms with E-state index in [1.165, 1.54) is 11.3 Å². The zero-order chi connectivity index (χ0) is 14.0. The number of fused-ring (bicyclic) bond motifs is 1. The number of anilines is 1. The number of hydrogen-bond acceptors (Lipinski definition) is 2. The van der Waals surface area contributed by atoms with Gasteiger partial charge in [0.05, 0.1) is 0 Å². The van der Waals surface area contributed by atoms with Crippen LogP contribution in [0.2, 0.25) is 0 Å². The molecule has 0 aromatic heterocycles. The summed E-state index contributed by atoms with van der Waals surface area (Å²) in [7, 11) is 1.90. The van der Waals surface area contributed by atoms with Gasteiger partial charge >= 0.3 is 0 Å². The second kappa shape index (κ2) is 5.64. The molecule has 1 atom stereocenters. The highest BCUT2D eigenvalue weighted by Crippen LogP contribution is 2.24. The monoisotopic (exact) mass is 260 g/mol. The van der Waals surface area contributed by atoms with Crippen molar-refractivity contribution in [1.82, 2.24) is 4.90 Å². The lowest BCUT2D eigenvalue weighted by Gasteiger charge is -2.26. The highest BCUT2D eigenvalue weighted by Gasteiger charge is 2.20. The van der Waals surface area contributed by atoms with Crippen molar-refractivity contribution in [3.63, 3.8) is 0 Å². The summed E-state index contributed by atoms with van der Waals surface area (Å²) in [5.41, 5.74) is 3.24. The highest BCUT2D eigenvalue weighted by molar-refractivity contribution is 5.95. The van der Waals surface area contributed by atoms with Crippen LogP contribution in [0.3, 0.4) is 0 Å². The molecule has 1 aliphatic heterocycles. The molecular formula is C16H24N2O. The Kier molecular flexibility index (Phi) is 4.13. The molecule has 1 aliphatic rings. The quantitative estimate of drug-likeness (QED) is 0.902. The van der Waals surface area contributed by atoms with E-state index in [0.29, 0.717) is 5.92 Å². The first-order chi connectivity index (χ1) is 8.99. The summed E-state index contributed by atoms with van der Waals surface area (Å²) in [5.74, 6) is 0.734. The third kappa shape index (κ3) is 3.09. The zero-order valence-electron chi connectivity index (χ0n) is 12.4. The van der Waals surface area contributed by atoms with E-state index < -0.39 is 0 Å². The molecule has 1 aromatic carbocycles. The Morgan fingerprint density at radius 2 is 2.11 bits per heavy atom. The molecule has 1 aromatic rings. The minimum absolute atomic E-state index is 0.128. The average Bonchev–Trinajstić information content (AvgIpc) is 2.83. The molecule has 0 saturated heterocycles. The van der Waals surface area contributed by atoms with Gasteiger partial charge in [0.15, 0.2) is 0 Å². The van der Waals surface area contributed by atoms with Gasteiger partial charge in [0, 0.05) is 30.9 Å². The van der Waals surface area contributed by atoms with E-state index >= 15 is 0 Å².